The molecule has 2 N–H and O–H groups in total. The van der Waals surface area contributed by atoms with Gasteiger partial charge >= 0.3 is 0 Å². The summed E-state index contributed by atoms with van der Waals surface area (Å²) in [6.45, 7) is 3.18. The van der Waals surface area contributed by atoms with Crippen molar-refractivity contribution in [2.24, 2.45) is 0 Å². The minimum absolute atomic E-state index is 0.0315. The molecule has 0 unspecified atom stereocenters. The fraction of sp³-hybridized carbons (Fsp3) is 0.294. The Morgan fingerprint density at radius 1 is 1.16 bits per heavy atom. The zero-order valence-corrected chi connectivity index (χ0v) is 14.0. The van der Waals surface area contributed by atoms with Gasteiger partial charge in [-0.2, -0.15) is 0 Å². The van der Waals surface area contributed by atoms with Crippen molar-refractivity contribution in [3.63, 3.8) is 0 Å². The standard InChI is InChI=1S/C17H19N7O/c1-22-6-8-23(9-7-22)17(25)12-10-20-16-14(13-4-2-3-5-19-13)15(18)21-24(16)11-12/h2-5,10-11H,6-9H2,1H3,(H2,18,21). The summed E-state index contributed by atoms with van der Waals surface area (Å²) < 4.78 is 1.56. The van der Waals surface area contributed by atoms with E-state index in [0.717, 1.165) is 13.1 Å². The number of anilines is 1. The largest absolute Gasteiger partial charge is 0.382 e. The highest BCUT2D eigenvalue weighted by atomic mass is 16.2. The number of nitrogens with two attached hydrogens (primary N) is 1. The Hall–Kier alpha value is -3.00. The molecular formula is C17H19N7O. The van der Waals surface area contributed by atoms with Crippen molar-refractivity contribution in [2.45, 2.75) is 0 Å². The first-order valence-electron chi connectivity index (χ1n) is 8.16. The third-order valence-electron chi connectivity index (χ3n) is 4.46. The highest BCUT2D eigenvalue weighted by molar-refractivity contribution is 5.94. The smallest absolute Gasteiger partial charge is 0.257 e. The number of fused-ring (bicyclic) bond motifs is 1. The van der Waals surface area contributed by atoms with Crippen molar-refractivity contribution in [1.29, 1.82) is 0 Å². The SMILES string of the molecule is CN1CCN(C(=O)c2cnc3c(-c4ccccn4)c(N)nn3c2)CC1. The molecule has 1 aliphatic rings. The van der Waals surface area contributed by atoms with Crippen molar-refractivity contribution in [1.82, 2.24) is 29.4 Å². The number of hydrogen-bond acceptors (Lipinski definition) is 6. The summed E-state index contributed by atoms with van der Waals surface area (Å²) in [7, 11) is 2.06. The number of carbonyl (C=O) groups is 1. The molecule has 1 fully saturated rings. The predicted molar refractivity (Wildman–Crippen MR) is 94.0 cm³/mol. The van der Waals surface area contributed by atoms with Crippen LogP contribution in [-0.2, 0) is 0 Å². The first-order chi connectivity index (χ1) is 12.1. The fourth-order valence-electron chi connectivity index (χ4n) is 3.01. The normalized spacial score (nSPS) is 15.6. The molecule has 1 aliphatic heterocycles. The van der Waals surface area contributed by atoms with Crippen LogP contribution < -0.4 is 5.73 Å². The van der Waals surface area contributed by atoms with E-state index in [9.17, 15) is 4.79 Å². The van der Waals surface area contributed by atoms with E-state index in [1.807, 2.05) is 23.1 Å². The second kappa shape index (κ2) is 6.14. The van der Waals surface area contributed by atoms with E-state index in [1.54, 1.807) is 23.1 Å². The summed E-state index contributed by atoms with van der Waals surface area (Å²) in [6, 6.07) is 5.58. The average molecular weight is 337 g/mol. The predicted octanol–water partition coefficient (Wildman–Crippen LogP) is 0.761. The lowest BCUT2D eigenvalue weighted by Gasteiger charge is -2.32. The van der Waals surface area contributed by atoms with Crippen LogP contribution in [-0.4, -0.2) is 68.5 Å². The monoisotopic (exact) mass is 337 g/mol. The molecule has 3 aromatic rings. The Kier molecular flexibility index (Phi) is 3.81. The van der Waals surface area contributed by atoms with Gasteiger partial charge in [0.15, 0.2) is 11.5 Å². The summed E-state index contributed by atoms with van der Waals surface area (Å²) in [5, 5.41) is 4.30. The molecule has 25 heavy (non-hydrogen) atoms. The maximum atomic E-state index is 12.7. The van der Waals surface area contributed by atoms with Crippen LogP contribution in [0.2, 0.25) is 0 Å². The topological polar surface area (TPSA) is 92.6 Å². The highest BCUT2D eigenvalue weighted by Gasteiger charge is 2.22. The molecule has 0 spiro atoms. The molecular weight excluding hydrogens is 318 g/mol. The van der Waals surface area contributed by atoms with Crippen molar-refractivity contribution in [3.8, 4) is 11.3 Å². The van der Waals surface area contributed by atoms with Crippen molar-refractivity contribution >= 4 is 17.4 Å². The Balaban J connectivity index is 1.69. The lowest BCUT2D eigenvalue weighted by atomic mass is 10.2. The number of aromatic nitrogens is 4. The van der Waals surface area contributed by atoms with Crippen molar-refractivity contribution in [2.75, 3.05) is 39.0 Å². The average Bonchev–Trinajstić information content (AvgIpc) is 2.97. The Morgan fingerprint density at radius 2 is 1.96 bits per heavy atom. The number of piperazine rings is 1. The van der Waals surface area contributed by atoms with Gasteiger partial charge in [-0.05, 0) is 19.2 Å². The van der Waals surface area contributed by atoms with E-state index in [-0.39, 0.29) is 5.91 Å². The second-order valence-corrected chi connectivity index (χ2v) is 6.18. The Bertz CT molecular complexity index is 913. The van der Waals surface area contributed by atoms with Crippen molar-refractivity contribution < 1.29 is 4.79 Å². The van der Waals surface area contributed by atoms with E-state index >= 15 is 0 Å². The summed E-state index contributed by atoms with van der Waals surface area (Å²) in [5.41, 5.74) is 8.54. The zero-order chi connectivity index (χ0) is 17.4. The van der Waals surface area contributed by atoms with Crippen LogP contribution in [0.1, 0.15) is 10.4 Å². The summed E-state index contributed by atoms with van der Waals surface area (Å²) >= 11 is 0. The molecule has 1 amide bonds. The summed E-state index contributed by atoms with van der Waals surface area (Å²) in [4.78, 5) is 25.5. The number of likely N-dealkylation sites (N-methyl/N-ethyl adjacent to an activating group) is 1. The number of nitrogens with zero attached hydrogens (tertiary/aromatic N) is 6. The van der Waals surface area contributed by atoms with Crippen LogP contribution in [0.3, 0.4) is 0 Å². The van der Waals surface area contributed by atoms with E-state index in [1.165, 1.54) is 0 Å². The van der Waals surface area contributed by atoms with Gasteiger partial charge < -0.3 is 15.5 Å². The van der Waals surface area contributed by atoms with Gasteiger partial charge in [-0.15, -0.1) is 5.10 Å². The molecule has 0 aromatic carbocycles. The fourth-order valence-corrected chi connectivity index (χ4v) is 3.01. The first kappa shape index (κ1) is 15.5. The maximum Gasteiger partial charge on any atom is 0.257 e. The molecule has 0 aliphatic carbocycles. The zero-order valence-electron chi connectivity index (χ0n) is 14.0. The van der Waals surface area contributed by atoms with Crippen LogP contribution in [0.4, 0.5) is 5.82 Å². The third-order valence-corrected chi connectivity index (χ3v) is 4.46. The van der Waals surface area contributed by atoms with Gasteiger partial charge in [-0.1, -0.05) is 6.07 Å². The molecule has 8 heteroatoms. The maximum absolute atomic E-state index is 12.7. The van der Waals surface area contributed by atoms with Gasteiger partial charge in [0.1, 0.15) is 0 Å². The molecule has 8 nitrogen and oxygen atoms in total. The van der Waals surface area contributed by atoms with Crippen LogP contribution in [0.25, 0.3) is 16.9 Å². The molecule has 0 bridgehead atoms. The number of hydrogen-bond donors (Lipinski definition) is 1. The Morgan fingerprint density at radius 3 is 2.68 bits per heavy atom. The molecule has 4 heterocycles. The van der Waals surface area contributed by atoms with Crippen molar-refractivity contribution in [3.05, 3.63) is 42.4 Å². The molecule has 3 aromatic heterocycles. The van der Waals surface area contributed by atoms with Gasteiger partial charge in [0.2, 0.25) is 0 Å². The molecule has 0 radical (unpaired) electrons. The van der Waals surface area contributed by atoms with Crippen LogP contribution in [0, 0.1) is 0 Å². The molecule has 0 saturated carbocycles. The molecule has 128 valence electrons. The second-order valence-electron chi connectivity index (χ2n) is 6.18. The minimum Gasteiger partial charge on any atom is -0.382 e. The number of nitrogen functional groups attached to an aromatic ring is 1. The van der Waals surface area contributed by atoms with Gasteiger partial charge in [0.25, 0.3) is 5.91 Å². The lowest BCUT2D eigenvalue weighted by Crippen LogP contribution is -2.47. The summed E-state index contributed by atoms with van der Waals surface area (Å²) in [5.74, 6) is 0.311. The van der Waals surface area contributed by atoms with E-state index < -0.39 is 0 Å². The number of carbonyl (C=O) groups excluding carboxylic acids is 1. The van der Waals surface area contributed by atoms with Crippen LogP contribution in [0.5, 0.6) is 0 Å². The molecule has 0 atom stereocenters. The quantitative estimate of drug-likeness (QED) is 0.742. The molecule has 4 rings (SSSR count). The number of amides is 1. The third kappa shape index (κ3) is 2.80. The molecule has 1 saturated heterocycles. The van der Waals surface area contributed by atoms with Gasteiger partial charge in [-0.3, -0.25) is 9.78 Å². The van der Waals surface area contributed by atoms with Gasteiger partial charge in [0.05, 0.1) is 16.8 Å². The number of rotatable bonds is 2. The first-order valence-corrected chi connectivity index (χ1v) is 8.16. The van der Waals surface area contributed by atoms with Crippen LogP contribution in [0.15, 0.2) is 36.8 Å². The van der Waals surface area contributed by atoms with Gasteiger partial charge in [-0.25, -0.2) is 9.50 Å². The van der Waals surface area contributed by atoms with Gasteiger partial charge in [0, 0.05) is 44.8 Å². The number of pyridine rings is 1. The Labute approximate surface area is 144 Å². The van der Waals surface area contributed by atoms with E-state index in [2.05, 4.69) is 27.0 Å². The minimum atomic E-state index is -0.0315. The lowest BCUT2D eigenvalue weighted by molar-refractivity contribution is 0.0663. The highest BCUT2D eigenvalue weighted by Crippen LogP contribution is 2.27. The summed E-state index contributed by atoms with van der Waals surface area (Å²) in [6.07, 6.45) is 4.97. The van der Waals surface area contributed by atoms with E-state index in [4.69, 9.17) is 5.73 Å². The van der Waals surface area contributed by atoms with Crippen LogP contribution >= 0.6 is 0 Å². The van der Waals surface area contributed by atoms with E-state index in [0.29, 0.717) is 41.4 Å².